The van der Waals surface area contributed by atoms with E-state index in [1.165, 1.54) is 38.3 Å². The smallest absolute Gasteiger partial charge is 0.235 e. The van der Waals surface area contributed by atoms with Gasteiger partial charge in [-0.1, -0.05) is 133 Å². The van der Waals surface area contributed by atoms with Crippen molar-refractivity contribution in [3.63, 3.8) is 0 Å². The van der Waals surface area contributed by atoms with E-state index in [1.807, 2.05) is 30.5 Å². The van der Waals surface area contributed by atoms with Crippen LogP contribution in [-0.2, 0) is 0 Å². The molecular weight excluding hydrogens is 659 g/mol. The summed E-state index contributed by atoms with van der Waals surface area (Å²) >= 11 is 0. The van der Waals surface area contributed by atoms with Gasteiger partial charge >= 0.3 is 0 Å². The van der Waals surface area contributed by atoms with Gasteiger partial charge in [0.1, 0.15) is 0 Å². The Morgan fingerprint density at radius 2 is 1.02 bits per heavy atom. The molecule has 0 bridgehead atoms. The molecule has 4 heterocycles. The summed E-state index contributed by atoms with van der Waals surface area (Å²) < 4.78 is 4.61. The summed E-state index contributed by atoms with van der Waals surface area (Å²) in [5.41, 5.74) is 13.1. The van der Waals surface area contributed by atoms with Crippen LogP contribution in [0.25, 0.3) is 99.7 Å². The lowest BCUT2D eigenvalue weighted by Crippen LogP contribution is -2.03. The second-order valence-electron chi connectivity index (χ2n) is 13.7. The highest BCUT2D eigenvalue weighted by molar-refractivity contribution is 6.17. The summed E-state index contributed by atoms with van der Waals surface area (Å²) in [6.07, 6.45) is 3.66. The molecule has 0 amide bonds. The monoisotopic (exact) mass is 689 g/mol. The Bertz CT molecular complexity index is 3200. The first kappa shape index (κ1) is 30.3. The van der Waals surface area contributed by atoms with Crippen LogP contribution in [0.4, 0.5) is 0 Å². The SMILES string of the molecule is c1ccc(-c2ccc(-n3c4ccccc4c4ccc(-c5cccc6c5c5ccccc5n6-c5nc(-c6ccccc6)c6cnccc6n5)cc43)cc2)cc1. The number of fused-ring (bicyclic) bond motifs is 7. The van der Waals surface area contributed by atoms with Crippen LogP contribution < -0.4 is 0 Å². The van der Waals surface area contributed by atoms with Crippen LogP contribution in [0.15, 0.2) is 188 Å². The zero-order valence-corrected chi connectivity index (χ0v) is 29.1. The van der Waals surface area contributed by atoms with Gasteiger partial charge in [0.25, 0.3) is 0 Å². The molecule has 0 unspecified atom stereocenters. The second-order valence-corrected chi connectivity index (χ2v) is 13.7. The van der Waals surface area contributed by atoms with Gasteiger partial charge in [0.05, 0.1) is 33.3 Å². The van der Waals surface area contributed by atoms with E-state index in [0.717, 1.165) is 55.4 Å². The summed E-state index contributed by atoms with van der Waals surface area (Å²) in [6.45, 7) is 0. The Balaban J connectivity index is 1.13. The van der Waals surface area contributed by atoms with Crippen molar-refractivity contribution in [1.82, 2.24) is 24.1 Å². The highest BCUT2D eigenvalue weighted by Gasteiger charge is 2.21. The average molecular weight is 690 g/mol. The van der Waals surface area contributed by atoms with Gasteiger partial charge in [0.15, 0.2) is 0 Å². The summed E-state index contributed by atoms with van der Waals surface area (Å²) in [5.74, 6) is 0.630. The van der Waals surface area contributed by atoms with E-state index in [-0.39, 0.29) is 0 Å². The molecule has 54 heavy (non-hydrogen) atoms. The normalized spacial score (nSPS) is 11.7. The number of rotatable bonds is 5. The van der Waals surface area contributed by atoms with Crippen molar-refractivity contribution in [2.24, 2.45) is 0 Å². The van der Waals surface area contributed by atoms with Crippen LogP contribution in [0.5, 0.6) is 0 Å². The van der Waals surface area contributed by atoms with Gasteiger partial charge in [-0.15, -0.1) is 0 Å². The zero-order chi connectivity index (χ0) is 35.6. The van der Waals surface area contributed by atoms with Crippen molar-refractivity contribution in [3.05, 3.63) is 188 Å². The molecule has 11 aromatic rings. The number of nitrogens with zero attached hydrogens (tertiary/aromatic N) is 5. The first-order chi connectivity index (χ1) is 26.8. The summed E-state index contributed by atoms with van der Waals surface area (Å²) in [7, 11) is 0. The molecule has 0 spiro atoms. The van der Waals surface area contributed by atoms with Gasteiger partial charge in [-0.05, 0) is 64.7 Å². The minimum atomic E-state index is 0.630. The minimum absolute atomic E-state index is 0.630. The topological polar surface area (TPSA) is 48.5 Å². The van der Waals surface area contributed by atoms with Crippen LogP contribution in [0.1, 0.15) is 0 Å². The van der Waals surface area contributed by atoms with Gasteiger partial charge < -0.3 is 4.57 Å². The molecule has 11 rings (SSSR count). The molecule has 0 saturated carbocycles. The van der Waals surface area contributed by atoms with E-state index in [2.05, 4.69) is 166 Å². The third-order valence-electron chi connectivity index (χ3n) is 10.6. The average Bonchev–Trinajstić information content (AvgIpc) is 3.77. The molecule has 0 aliphatic rings. The van der Waals surface area contributed by atoms with Crippen molar-refractivity contribution >= 4 is 54.5 Å². The fraction of sp³-hybridized carbons (Fsp3) is 0. The van der Waals surface area contributed by atoms with Crippen molar-refractivity contribution < 1.29 is 0 Å². The van der Waals surface area contributed by atoms with Gasteiger partial charge in [-0.2, -0.15) is 0 Å². The molecule has 5 nitrogen and oxygen atoms in total. The molecule has 0 aliphatic carbocycles. The fourth-order valence-corrected chi connectivity index (χ4v) is 8.20. The van der Waals surface area contributed by atoms with E-state index < -0.39 is 0 Å². The molecule has 0 aliphatic heterocycles. The molecule has 4 aromatic heterocycles. The molecular formula is C49H31N5. The predicted molar refractivity (Wildman–Crippen MR) is 222 cm³/mol. The number of benzene rings is 7. The van der Waals surface area contributed by atoms with Gasteiger partial charge in [-0.3, -0.25) is 9.55 Å². The number of para-hydroxylation sites is 2. The number of pyridine rings is 1. The number of aromatic nitrogens is 5. The minimum Gasteiger partial charge on any atom is -0.309 e. The van der Waals surface area contributed by atoms with Gasteiger partial charge in [0, 0.05) is 50.6 Å². The van der Waals surface area contributed by atoms with E-state index in [1.54, 1.807) is 6.20 Å². The summed E-state index contributed by atoms with van der Waals surface area (Å²) in [6, 6.07) is 62.5. The maximum Gasteiger partial charge on any atom is 0.235 e. The Morgan fingerprint density at radius 1 is 0.389 bits per heavy atom. The molecule has 0 saturated heterocycles. The molecule has 0 atom stereocenters. The molecule has 0 N–H and O–H groups in total. The Kier molecular flexibility index (Phi) is 6.79. The zero-order valence-electron chi connectivity index (χ0n) is 29.1. The highest BCUT2D eigenvalue weighted by Crippen LogP contribution is 2.41. The summed E-state index contributed by atoms with van der Waals surface area (Å²) in [4.78, 5) is 14.8. The Hall–Kier alpha value is -7.37. The van der Waals surface area contributed by atoms with Gasteiger partial charge in [-0.25, -0.2) is 9.97 Å². The number of hydrogen-bond donors (Lipinski definition) is 0. The lowest BCUT2D eigenvalue weighted by atomic mass is 9.98. The Labute approximate surface area is 311 Å². The standard InChI is InChI=1S/C49H31N5/c1-3-12-32(13-4-1)33-22-25-36(26-23-33)53-43-19-9-7-16-38(43)39-27-24-35(30-46(39)53)37-18-11-21-45-47(37)40-17-8-10-20-44(40)54(45)49-51-42-28-29-50-31-41(42)48(52-49)34-14-5-2-6-15-34/h1-31H. The van der Waals surface area contributed by atoms with E-state index in [9.17, 15) is 0 Å². The maximum absolute atomic E-state index is 5.26. The first-order valence-corrected chi connectivity index (χ1v) is 18.2. The van der Waals surface area contributed by atoms with Crippen molar-refractivity contribution in [2.75, 3.05) is 0 Å². The third kappa shape index (κ3) is 4.69. The van der Waals surface area contributed by atoms with Crippen LogP contribution in [0, 0.1) is 0 Å². The van der Waals surface area contributed by atoms with E-state index in [4.69, 9.17) is 9.97 Å². The van der Waals surface area contributed by atoms with E-state index in [0.29, 0.717) is 5.95 Å². The fourth-order valence-electron chi connectivity index (χ4n) is 8.20. The molecule has 5 heteroatoms. The van der Waals surface area contributed by atoms with Crippen LogP contribution >= 0.6 is 0 Å². The lowest BCUT2D eigenvalue weighted by Gasteiger charge is -2.12. The third-order valence-corrected chi connectivity index (χ3v) is 10.6. The van der Waals surface area contributed by atoms with Crippen molar-refractivity contribution in [1.29, 1.82) is 0 Å². The largest absolute Gasteiger partial charge is 0.309 e. The molecule has 7 aromatic carbocycles. The molecule has 252 valence electrons. The van der Waals surface area contributed by atoms with Crippen LogP contribution in [-0.4, -0.2) is 24.1 Å². The van der Waals surface area contributed by atoms with Crippen molar-refractivity contribution in [2.45, 2.75) is 0 Å². The molecule has 0 fully saturated rings. The quantitative estimate of drug-likeness (QED) is 0.181. The highest BCUT2D eigenvalue weighted by atomic mass is 15.2. The molecule has 0 radical (unpaired) electrons. The van der Waals surface area contributed by atoms with Crippen LogP contribution in [0.2, 0.25) is 0 Å². The van der Waals surface area contributed by atoms with Crippen LogP contribution in [0.3, 0.4) is 0 Å². The summed E-state index contributed by atoms with van der Waals surface area (Å²) in [5, 5.41) is 5.71. The van der Waals surface area contributed by atoms with Gasteiger partial charge in [0.2, 0.25) is 5.95 Å². The first-order valence-electron chi connectivity index (χ1n) is 18.2. The predicted octanol–water partition coefficient (Wildman–Crippen LogP) is 12.2. The van der Waals surface area contributed by atoms with E-state index >= 15 is 0 Å². The maximum atomic E-state index is 5.26. The Morgan fingerprint density at radius 3 is 1.81 bits per heavy atom. The van der Waals surface area contributed by atoms with Crippen molar-refractivity contribution in [3.8, 4) is 45.1 Å². The number of hydrogen-bond acceptors (Lipinski definition) is 3. The second kappa shape index (κ2) is 12.1. The lowest BCUT2D eigenvalue weighted by molar-refractivity contribution is 1.01.